The fourth-order valence-electron chi connectivity index (χ4n) is 2.29. The molecule has 1 aromatic heterocycles. The molecule has 0 radical (unpaired) electrons. The van der Waals surface area contributed by atoms with Crippen molar-refractivity contribution in [3.8, 4) is 0 Å². The van der Waals surface area contributed by atoms with Gasteiger partial charge in [-0.3, -0.25) is 9.59 Å². The number of hydrogen-bond acceptors (Lipinski definition) is 3. The molecule has 128 valence electrons. The van der Waals surface area contributed by atoms with E-state index in [1.54, 1.807) is 11.6 Å². The van der Waals surface area contributed by atoms with Crippen LogP contribution >= 0.6 is 11.6 Å². The van der Waals surface area contributed by atoms with E-state index in [0.717, 1.165) is 5.56 Å². The Morgan fingerprint density at radius 1 is 1.12 bits per heavy atom. The van der Waals surface area contributed by atoms with Crippen LogP contribution < -0.4 is 10.6 Å². The van der Waals surface area contributed by atoms with Gasteiger partial charge in [0, 0.05) is 20.0 Å². The Morgan fingerprint density at radius 2 is 1.75 bits per heavy atom. The molecule has 0 aliphatic rings. The van der Waals surface area contributed by atoms with Gasteiger partial charge in [-0.25, -0.2) is 4.68 Å². The molecule has 6 nitrogen and oxygen atoms in total. The van der Waals surface area contributed by atoms with Crippen LogP contribution in [-0.2, 0) is 11.3 Å². The molecule has 0 unspecified atom stereocenters. The number of halogens is 1. The van der Waals surface area contributed by atoms with Crippen LogP contribution in [-0.4, -0.2) is 34.7 Å². The van der Waals surface area contributed by atoms with E-state index in [2.05, 4.69) is 15.7 Å². The molecule has 2 rings (SSSR count). The molecular weight excluding hydrogens is 328 g/mol. The minimum Gasteiger partial charge on any atom is -0.355 e. The summed E-state index contributed by atoms with van der Waals surface area (Å²) >= 11 is 6.34. The molecule has 24 heavy (non-hydrogen) atoms. The minimum absolute atomic E-state index is 0.135. The van der Waals surface area contributed by atoms with E-state index in [0.29, 0.717) is 36.0 Å². The Balaban J connectivity index is 2.06. The maximum Gasteiger partial charge on any atom is 0.256 e. The van der Waals surface area contributed by atoms with Gasteiger partial charge < -0.3 is 10.6 Å². The van der Waals surface area contributed by atoms with E-state index in [-0.39, 0.29) is 11.8 Å². The van der Waals surface area contributed by atoms with Gasteiger partial charge in [0.2, 0.25) is 5.91 Å². The zero-order valence-electron chi connectivity index (χ0n) is 14.0. The molecule has 0 fully saturated rings. The van der Waals surface area contributed by atoms with Crippen LogP contribution in [0.4, 0.5) is 0 Å². The van der Waals surface area contributed by atoms with E-state index in [9.17, 15) is 9.59 Å². The van der Waals surface area contributed by atoms with Crippen LogP contribution in [0.1, 0.15) is 34.1 Å². The Hall–Kier alpha value is -2.34. The van der Waals surface area contributed by atoms with Crippen molar-refractivity contribution in [1.29, 1.82) is 0 Å². The number of carbonyl (C=O) groups excluding carboxylic acids is 2. The molecule has 0 aliphatic carbocycles. The lowest BCUT2D eigenvalue weighted by molar-refractivity contribution is -0.118. The van der Waals surface area contributed by atoms with Crippen molar-refractivity contribution in [2.24, 2.45) is 0 Å². The second-order valence-corrected chi connectivity index (χ2v) is 5.99. The highest BCUT2D eigenvalue weighted by Crippen LogP contribution is 2.21. The highest BCUT2D eigenvalue weighted by molar-refractivity contribution is 6.33. The van der Waals surface area contributed by atoms with Crippen molar-refractivity contribution in [2.45, 2.75) is 27.3 Å². The molecule has 1 heterocycles. The SMILES string of the molecule is CC(=O)NCCNC(=O)c1c(C)nn(Cc2ccc(C)cc2)c1Cl. The van der Waals surface area contributed by atoms with Crippen molar-refractivity contribution in [3.63, 3.8) is 0 Å². The molecule has 2 aromatic rings. The van der Waals surface area contributed by atoms with Gasteiger partial charge in [0.05, 0.1) is 17.8 Å². The molecule has 1 aromatic carbocycles. The van der Waals surface area contributed by atoms with Crippen LogP contribution in [0.15, 0.2) is 24.3 Å². The largest absolute Gasteiger partial charge is 0.355 e. The van der Waals surface area contributed by atoms with E-state index >= 15 is 0 Å². The standard InChI is InChI=1S/C17H21ClN4O2/c1-11-4-6-14(7-5-11)10-22-16(18)15(12(2)21-22)17(24)20-9-8-19-13(3)23/h4-7H,8-10H2,1-3H3,(H,19,23)(H,20,24). The maximum absolute atomic E-state index is 12.3. The van der Waals surface area contributed by atoms with E-state index in [4.69, 9.17) is 11.6 Å². The molecule has 2 N–H and O–H groups in total. The summed E-state index contributed by atoms with van der Waals surface area (Å²) in [6.07, 6.45) is 0. The lowest BCUT2D eigenvalue weighted by atomic mass is 10.1. The summed E-state index contributed by atoms with van der Waals surface area (Å²) in [6.45, 7) is 6.40. The smallest absolute Gasteiger partial charge is 0.256 e. The predicted molar refractivity (Wildman–Crippen MR) is 93.3 cm³/mol. The zero-order chi connectivity index (χ0) is 17.7. The summed E-state index contributed by atoms with van der Waals surface area (Å²) in [5, 5.41) is 10.0. The first-order valence-electron chi connectivity index (χ1n) is 7.69. The molecule has 0 spiro atoms. The van der Waals surface area contributed by atoms with Crippen molar-refractivity contribution < 1.29 is 9.59 Å². The third kappa shape index (κ3) is 4.58. The predicted octanol–water partition coefficient (Wildman–Crippen LogP) is 2.07. The lowest BCUT2D eigenvalue weighted by Gasteiger charge is -2.06. The van der Waals surface area contributed by atoms with Gasteiger partial charge in [-0.05, 0) is 19.4 Å². The Bertz CT molecular complexity index is 738. The zero-order valence-corrected chi connectivity index (χ0v) is 14.8. The van der Waals surface area contributed by atoms with Gasteiger partial charge in [-0.15, -0.1) is 0 Å². The summed E-state index contributed by atoms with van der Waals surface area (Å²) in [5.74, 6) is -0.428. The Morgan fingerprint density at radius 3 is 2.38 bits per heavy atom. The van der Waals surface area contributed by atoms with Gasteiger partial charge in [0.15, 0.2) is 0 Å². The van der Waals surface area contributed by atoms with Gasteiger partial charge in [-0.2, -0.15) is 5.10 Å². The second kappa shape index (κ2) is 7.97. The van der Waals surface area contributed by atoms with Crippen molar-refractivity contribution in [2.75, 3.05) is 13.1 Å². The third-order valence-corrected chi connectivity index (χ3v) is 3.91. The number of nitrogens with zero attached hydrogens (tertiary/aromatic N) is 2. The van der Waals surface area contributed by atoms with Crippen LogP contribution in [0.2, 0.25) is 5.15 Å². The average Bonchev–Trinajstić information content (AvgIpc) is 2.80. The van der Waals surface area contributed by atoms with Crippen LogP contribution in [0.3, 0.4) is 0 Å². The fourth-order valence-corrected chi connectivity index (χ4v) is 2.61. The number of benzene rings is 1. The number of amides is 2. The first kappa shape index (κ1) is 18.0. The number of carbonyl (C=O) groups is 2. The third-order valence-electron chi connectivity index (χ3n) is 3.53. The molecular formula is C17H21ClN4O2. The number of aromatic nitrogens is 2. The van der Waals surface area contributed by atoms with Crippen LogP contribution in [0.5, 0.6) is 0 Å². The van der Waals surface area contributed by atoms with Crippen molar-refractivity contribution >= 4 is 23.4 Å². The minimum atomic E-state index is -0.294. The normalized spacial score (nSPS) is 10.5. The summed E-state index contributed by atoms with van der Waals surface area (Å²) in [6, 6.07) is 8.07. The van der Waals surface area contributed by atoms with Crippen molar-refractivity contribution in [3.05, 3.63) is 51.8 Å². The molecule has 0 bridgehead atoms. The molecule has 2 amide bonds. The monoisotopic (exact) mass is 348 g/mol. The lowest BCUT2D eigenvalue weighted by Crippen LogP contribution is -2.33. The highest BCUT2D eigenvalue weighted by Gasteiger charge is 2.20. The number of aryl methyl sites for hydroxylation is 2. The quantitative estimate of drug-likeness (QED) is 0.785. The number of hydrogen-bond donors (Lipinski definition) is 2. The summed E-state index contributed by atoms with van der Waals surface area (Å²) in [5.41, 5.74) is 3.18. The van der Waals surface area contributed by atoms with Gasteiger partial charge in [0.1, 0.15) is 5.15 Å². The van der Waals surface area contributed by atoms with E-state index in [1.807, 2.05) is 31.2 Å². The van der Waals surface area contributed by atoms with Crippen LogP contribution in [0, 0.1) is 13.8 Å². The Labute approximate surface area is 146 Å². The molecule has 0 saturated heterocycles. The molecule has 0 saturated carbocycles. The summed E-state index contributed by atoms with van der Waals surface area (Å²) < 4.78 is 1.62. The first-order chi connectivity index (χ1) is 11.4. The van der Waals surface area contributed by atoms with Crippen LogP contribution in [0.25, 0.3) is 0 Å². The van der Waals surface area contributed by atoms with E-state index in [1.165, 1.54) is 12.5 Å². The molecule has 0 atom stereocenters. The highest BCUT2D eigenvalue weighted by atomic mass is 35.5. The van der Waals surface area contributed by atoms with Crippen molar-refractivity contribution in [1.82, 2.24) is 20.4 Å². The van der Waals surface area contributed by atoms with Gasteiger partial charge in [0.25, 0.3) is 5.91 Å². The van der Waals surface area contributed by atoms with Gasteiger partial charge >= 0.3 is 0 Å². The first-order valence-corrected chi connectivity index (χ1v) is 8.07. The Kier molecular flexibility index (Phi) is 5.98. The fraction of sp³-hybridized carbons (Fsp3) is 0.353. The summed E-state index contributed by atoms with van der Waals surface area (Å²) in [7, 11) is 0. The topological polar surface area (TPSA) is 76.0 Å². The average molecular weight is 349 g/mol. The number of rotatable bonds is 6. The second-order valence-electron chi connectivity index (χ2n) is 5.63. The maximum atomic E-state index is 12.3. The molecule has 7 heteroatoms. The molecule has 0 aliphatic heterocycles. The van der Waals surface area contributed by atoms with Gasteiger partial charge in [-0.1, -0.05) is 41.4 Å². The number of nitrogens with one attached hydrogen (secondary N) is 2. The summed E-state index contributed by atoms with van der Waals surface area (Å²) in [4.78, 5) is 23.1. The van der Waals surface area contributed by atoms with E-state index < -0.39 is 0 Å².